The number of halogens is 2. The number of nitrogens with zero attached hydrogens (tertiary/aromatic N) is 1. The molecule has 0 aliphatic carbocycles. The number of quaternary nitrogens is 1. The number of piperidine rings is 3. The Labute approximate surface area is 210 Å². The van der Waals surface area contributed by atoms with Gasteiger partial charge in [-0.3, -0.25) is 9.59 Å². The summed E-state index contributed by atoms with van der Waals surface area (Å²) in [5, 5.41) is 0. The van der Waals surface area contributed by atoms with E-state index in [1.807, 2.05) is 30.3 Å². The summed E-state index contributed by atoms with van der Waals surface area (Å²) in [4.78, 5) is 26.5. The van der Waals surface area contributed by atoms with Crippen molar-refractivity contribution in [3.05, 3.63) is 107 Å². The van der Waals surface area contributed by atoms with Crippen LogP contribution < -0.4 is 0 Å². The van der Waals surface area contributed by atoms with Crippen molar-refractivity contribution in [2.45, 2.75) is 31.3 Å². The second kappa shape index (κ2) is 10.3. The van der Waals surface area contributed by atoms with Crippen LogP contribution in [0, 0.1) is 17.6 Å². The van der Waals surface area contributed by atoms with Gasteiger partial charge in [-0.25, -0.2) is 8.78 Å². The van der Waals surface area contributed by atoms with Crippen LogP contribution in [0.4, 0.5) is 8.78 Å². The number of carbonyl (C=O) groups excluding carboxylic acids is 2. The monoisotopic (exact) mass is 490 g/mol. The number of ether oxygens (including phenoxy) is 1. The molecule has 3 saturated heterocycles. The summed E-state index contributed by atoms with van der Waals surface area (Å²) in [7, 11) is 0. The van der Waals surface area contributed by atoms with Crippen molar-refractivity contribution >= 4 is 11.8 Å². The summed E-state index contributed by atoms with van der Waals surface area (Å²) in [6, 6.07) is 21.4. The lowest BCUT2D eigenvalue weighted by atomic mass is 9.82. The number of esters is 1. The smallest absolute Gasteiger partial charge is 0.314 e. The van der Waals surface area contributed by atoms with Gasteiger partial charge in [-0.05, 0) is 41.8 Å². The number of carbonyl (C=O) groups is 2. The van der Waals surface area contributed by atoms with Crippen LogP contribution in [-0.4, -0.2) is 48.5 Å². The minimum atomic E-state index is -0.752. The summed E-state index contributed by atoms with van der Waals surface area (Å²) in [6.07, 6.45) is 1.71. The zero-order chi connectivity index (χ0) is 25.1. The largest absolute Gasteiger partial charge is 0.456 e. The van der Waals surface area contributed by atoms with Crippen molar-refractivity contribution in [1.82, 2.24) is 0 Å². The van der Waals surface area contributed by atoms with Crippen LogP contribution in [-0.2, 0) is 16.0 Å². The van der Waals surface area contributed by atoms with E-state index in [2.05, 4.69) is 0 Å². The molecular weight excluding hydrogens is 460 g/mol. The first-order valence-electron chi connectivity index (χ1n) is 12.5. The van der Waals surface area contributed by atoms with E-state index >= 15 is 0 Å². The summed E-state index contributed by atoms with van der Waals surface area (Å²) in [6.45, 7) is 2.79. The molecule has 4 nitrogen and oxygen atoms in total. The zero-order valence-corrected chi connectivity index (χ0v) is 20.1. The molecule has 0 spiro atoms. The van der Waals surface area contributed by atoms with Crippen molar-refractivity contribution < 1.29 is 27.6 Å². The van der Waals surface area contributed by atoms with E-state index in [0.717, 1.165) is 25.9 Å². The van der Waals surface area contributed by atoms with Crippen LogP contribution >= 0.6 is 0 Å². The van der Waals surface area contributed by atoms with Crippen LogP contribution in [0.15, 0.2) is 78.9 Å². The quantitative estimate of drug-likeness (QED) is 0.244. The van der Waals surface area contributed by atoms with E-state index < -0.39 is 17.7 Å². The van der Waals surface area contributed by atoms with E-state index in [-0.39, 0.29) is 30.0 Å². The number of hydrogen-bond acceptors (Lipinski definition) is 3. The van der Waals surface area contributed by atoms with Gasteiger partial charge in [0.2, 0.25) is 5.78 Å². The number of fused-ring (bicyclic) bond motifs is 3. The van der Waals surface area contributed by atoms with E-state index in [0.29, 0.717) is 34.3 Å². The number of hydrogen-bond donors (Lipinski definition) is 0. The highest BCUT2D eigenvalue weighted by Crippen LogP contribution is 2.37. The molecule has 6 heteroatoms. The second-order valence-electron chi connectivity index (χ2n) is 10.2. The molecule has 3 aliphatic heterocycles. The fourth-order valence-electron chi connectivity index (χ4n) is 5.79. The number of benzene rings is 3. The summed E-state index contributed by atoms with van der Waals surface area (Å²) in [5.74, 6) is -1.65. The molecule has 2 atom stereocenters. The molecule has 2 unspecified atom stereocenters. The molecule has 6 rings (SSSR count). The van der Waals surface area contributed by atoms with Gasteiger partial charge in [-0.2, -0.15) is 0 Å². The maximum Gasteiger partial charge on any atom is 0.314 e. The van der Waals surface area contributed by atoms with E-state index in [1.165, 1.54) is 24.3 Å². The molecule has 3 fully saturated rings. The second-order valence-corrected chi connectivity index (χ2v) is 10.2. The van der Waals surface area contributed by atoms with Crippen molar-refractivity contribution in [1.29, 1.82) is 0 Å². The Bertz CT molecular complexity index is 1240. The highest BCUT2D eigenvalue weighted by Gasteiger charge is 2.49. The Morgan fingerprint density at radius 1 is 0.889 bits per heavy atom. The Morgan fingerprint density at radius 2 is 1.58 bits per heavy atom. The van der Waals surface area contributed by atoms with Gasteiger partial charge >= 0.3 is 5.97 Å². The highest BCUT2D eigenvalue weighted by atomic mass is 19.1. The fraction of sp³-hybridized carbons (Fsp3) is 0.333. The van der Waals surface area contributed by atoms with E-state index in [4.69, 9.17) is 4.74 Å². The molecule has 3 aromatic carbocycles. The van der Waals surface area contributed by atoms with Crippen molar-refractivity contribution in [3.63, 3.8) is 0 Å². The average Bonchev–Trinajstić information content (AvgIpc) is 2.88. The summed E-state index contributed by atoms with van der Waals surface area (Å²) >= 11 is 0. The third-order valence-corrected chi connectivity index (χ3v) is 7.75. The van der Waals surface area contributed by atoms with Gasteiger partial charge in [-0.15, -0.1) is 0 Å². The molecule has 0 radical (unpaired) electrons. The molecule has 3 aliphatic rings. The third kappa shape index (κ3) is 5.39. The fourth-order valence-corrected chi connectivity index (χ4v) is 5.79. The summed E-state index contributed by atoms with van der Waals surface area (Å²) in [5.41, 5.74) is 1.85. The van der Waals surface area contributed by atoms with Gasteiger partial charge in [0, 0.05) is 24.3 Å². The molecule has 0 N–H and O–H groups in total. The Kier molecular flexibility index (Phi) is 6.97. The third-order valence-electron chi connectivity index (χ3n) is 7.75. The lowest BCUT2D eigenvalue weighted by Gasteiger charge is -2.51. The van der Waals surface area contributed by atoms with Crippen LogP contribution in [0.25, 0.3) is 0 Å². The predicted molar refractivity (Wildman–Crippen MR) is 132 cm³/mol. The van der Waals surface area contributed by atoms with Crippen LogP contribution in [0.5, 0.6) is 0 Å². The van der Waals surface area contributed by atoms with Gasteiger partial charge in [-0.1, -0.05) is 54.6 Å². The molecular formula is C30H30F2NO3+. The van der Waals surface area contributed by atoms with Crippen LogP contribution in [0.2, 0.25) is 0 Å². The number of rotatable bonds is 8. The lowest BCUT2D eigenvalue weighted by Crippen LogP contribution is -2.65. The minimum Gasteiger partial charge on any atom is -0.456 e. The molecule has 186 valence electrons. The van der Waals surface area contributed by atoms with Crippen molar-refractivity contribution in [2.24, 2.45) is 5.92 Å². The molecule has 0 amide bonds. The first-order chi connectivity index (χ1) is 17.4. The highest BCUT2D eigenvalue weighted by molar-refractivity contribution is 5.97. The molecule has 3 aromatic rings. The summed E-state index contributed by atoms with van der Waals surface area (Å²) < 4.78 is 34.6. The maximum absolute atomic E-state index is 14.0. The van der Waals surface area contributed by atoms with Crippen molar-refractivity contribution in [2.75, 3.05) is 26.2 Å². The van der Waals surface area contributed by atoms with Crippen LogP contribution in [0.3, 0.4) is 0 Å². The Morgan fingerprint density at radius 3 is 2.28 bits per heavy atom. The minimum absolute atomic E-state index is 0.102. The standard InChI is InChI=1S/C30H30F2NO3/c31-25-10-4-6-21(16-25)17-27(24-9-5-11-26(32)18-24)30(35)36-29-20-33(14-12-23(29)13-15-33)19-28(34)22-7-2-1-3-8-22/h1-11,16,18,23,27,29H,12-15,17,19-20H2/q+1. The van der Waals surface area contributed by atoms with Gasteiger partial charge < -0.3 is 9.22 Å². The normalized spacial score (nSPS) is 23.7. The van der Waals surface area contributed by atoms with Gasteiger partial charge in [0.25, 0.3) is 0 Å². The number of Topliss-reactive ketones (excluding diaryl/α,β-unsaturated/α-hetero) is 1. The van der Waals surface area contributed by atoms with Gasteiger partial charge in [0.1, 0.15) is 24.7 Å². The van der Waals surface area contributed by atoms with Crippen molar-refractivity contribution in [3.8, 4) is 0 Å². The lowest BCUT2D eigenvalue weighted by molar-refractivity contribution is -0.938. The average molecular weight is 491 g/mol. The molecule has 36 heavy (non-hydrogen) atoms. The molecule has 2 bridgehead atoms. The molecule has 0 saturated carbocycles. The number of ketones is 1. The topological polar surface area (TPSA) is 43.4 Å². The molecule has 3 heterocycles. The van der Waals surface area contributed by atoms with Gasteiger partial charge in [0.05, 0.1) is 19.0 Å². The molecule has 0 aromatic heterocycles. The van der Waals surface area contributed by atoms with E-state index in [9.17, 15) is 18.4 Å². The Balaban J connectivity index is 1.33. The maximum atomic E-state index is 14.0. The van der Waals surface area contributed by atoms with Gasteiger partial charge in [0.15, 0.2) is 6.10 Å². The van der Waals surface area contributed by atoms with E-state index in [1.54, 1.807) is 24.3 Å². The first kappa shape index (κ1) is 24.3. The predicted octanol–water partition coefficient (Wildman–Crippen LogP) is 5.33. The Hall–Kier alpha value is -3.38. The zero-order valence-electron chi connectivity index (χ0n) is 20.1. The SMILES string of the molecule is O=C(C[N+]12CCC(CC1)C(OC(=O)C(Cc1cccc(F)c1)c1cccc(F)c1)C2)c1ccccc1. The van der Waals surface area contributed by atoms with Crippen LogP contribution in [0.1, 0.15) is 40.2 Å². The first-order valence-corrected chi connectivity index (χ1v) is 12.5.